The monoisotopic (exact) mass is 277 g/mol. The smallest absolute Gasteiger partial charge is 0.122 e. The molecule has 0 aromatic heterocycles. The SMILES string of the molecule is CNC(CCC1CCCO1)c1cc(C)c(OC)cc1C. The third kappa shape index (κ3) is 3.53. The van der Waals surface area contributed by atoms with Crippen molar-refractivity contribution < 1.29 is 9.47 Å². The van der Waals surface area contributed by atoms with Gasteiger partial charge in [-0.2, -0.15) is 0 Å². The molecule has 0 amide bonds. The summed E-state index contributed by atoms with van der Waals surface area (Å²) in [6.45, 7) is 5.21. The summed E-state index contributed by atoms with van der Waals surface area (Å²) >= 11 is 0. The van der Waals surface area contributed by atoms with Gasteiger partial charge in [-0.3, -0.25) is 0 Å². The molecule has 3 nitrogen and oxygen atoms in total. The van der Waals surface area contributed by atoms with Crippen molar-refractivity contribution in [2.24, 2.45) is 0 Å². The van der Waals surface area contributed by atoms with Gasteiger partial charge in [-0.15, -0.1) is 0 Å². The second-order valence-corrected chi connectivity index (χ2v) is 5.73. The van der Waals surface area contributed by atoms with E-state index in [-0.39, 0.29) is 0 Å². The highest BCUT2D eigenvalue weighted by atomic mass is 16.5. The fraction of sp³-hybridized carbons (Fsp3) is 0.647. The van der Waals surface area contributed by atoms with Gasteiger partial charge in [0.2, 0.25) is 0 Å². The molecule has 2 rings (SSSR count). The Hall–Kier alpha value is -1.06. The van der Waals surface area contributed by atoms with Crippen LogP contribution in [0, 0.1) is 13.8 Å². The molecule has 1 aromatic carbocycles. The Kier molecular flexibility index (Phi) is 5.44. The minimum Gasteiger partial charge on any atom is -0.496 e. The Labute approximate surface area is 122 Å². The van der Waals surface area contributed by atoms with Crippen LogP contribution in [0.1, 0.15) is 48.4 Å². The molecule has 1 aliphatic heterocycles. The first-order valence-electron chi connectivity index (χ1n) is 7.59. The van der Waals surface area contributed by atoms with Crippen LogP contribution >= 0.6 is 0 Å². The molecule has 0 spiro atoms. The van der Waals surface area contributed by atoms with Crippen molar-refractivity contribution >= 4 is 0 Å². The predicted octanol–water partition coefficient (Wildman–Crippen LogP) is 3.53. The van der Waals surface area contributed by atoms with Crippen molar-refractivity contribution in [3.63, 3.8) is 0 Å². The molecule has 0 aliphatic carbocycles. The lowest BCUT2D eigenvalue weighted by Gasteiger charge is -2.22. The number of hydrogen-bond donors (Lipinski definition) is 1. The predicted molar refractivity (Wildman–Crippen MR) is 82.5 cm³/mol. The number of rotatable bonds is 6. The van der Waals surface area contributed by atoms with E-state index in [1.165, 1.54) is 29.5 Å². The van der Waals surface area contributed by atoms with Crippen molar-refractivity contribution in [3.8, 4) is 5.75 Å². The maximum atomic E-state index is 5.73. The highest BCUT2D eigenvalue weighted by Gasteiger charge is 2.19. The summed E-state index contributed by atoms with van der Waals surface area (Å²) in [5, 5.41) is 3.45. The number of nitrogens with one attached hydrogen (secondary N) is 1. The number of aryl methyl sites for hydroxylation is 2. The highest BCUT2D eigenvalue weighted by molar-refractivity contribution is 5.42. The standard InChI is InChI=1S/C17H27NO2/c1-12-11-17(19-4)13(2)10-15(12)16(18-3)8-7-14-6-5-9-20-14/h10-11,14,16,18H,5-9H2,1-4H3. The first-order chi connectivity index (χ1) is 9.65. The number of hydrogen-bond acceptors (Lipinski definition) is 3. The lowest BCUT2D eigenvalue weighted by Crippen LogP contribution is -2.20. The third-order valence-electron chi connectivity index (χ3n) is 4.31. The molecule has 1 aliphatic rings. The Bertz CT molecular complexity index is 439. The van der Waals surface area contributed by atoms with Crippen LogP contribution in [0.25, 0.3) is 0 Å². The van der Waals surface area contributed by atoms with Gasteiger partial charge in [0.1, 0.15) is 5.75 Å². The molecule has 1 heterocycles. The summed E-state index contributed by atoms with van der Waals surface area (Å²) < 4.78 is 11.1. The minimum absolute atomic E-state index is 0.392. The highest BCUT2D eigenvalue weighted by Crippen LogP contribution is 2.30. The van der Waals surface area contributed by atoms with Crippen LogP contribution in [0.15, 0.2) is 12.1 Å². The van der Waals surface area contributed by atoms with E-state index in [9.17, 15) is 0 Å². The van der Waals surface area contributed by atoms with Crippen molar-refractivity contribution in [3.05, 3.63) is 28.8 Å². The molecule has 1 saturated heterocycles. The molecule has 0 bridgehead atoms. The van der Waals surface area contributed by atoms with Crippen molar-refractivity contribution in [1.29, 1.82) is 0 Å². The zero-order valence-corrected chi connectivity index (χ0v) is 13.2. The van der Waals surface area contributed by atoms with Crippen LogP contribution in [0.4, 0.5) is 0 Å². The van der Waals surface area contributed by atoms with E-state index in [1.807, 2.05) is 7.05 Å². The Morgan fingerprint density at radius 3 is 2.75 bits per heavy atom. The molecule has 112 valence electrons. The van der Waals surface area contributed by atoms with Crippen LogP contribution < -0.4 is 10.1 Å². The van der Waals surface area contributed by atoms with Gasteiger partial charge in [0, 0.05) is 12.6 Å². The Morgan fingerprint density at radius 2 is 2.15 bits per heavy atom. The molecule has 3 heteroatoms. The average molecular weight is 277 g/mol. The maximum absolute atomic E-state index is 5.73. The van der Waals surface area contributed by atoms with Crippen molar-refractivity contribution in [2.45, 2.75) is 51.7 Å². The molecule has 20 heavy (non-hydrogen) atoms. The van der Waals surface area contributed by atoms with Crippen LogP contribution in [0.5, 0.6) is 5.75 Å². The molecule has 1 fully saturated rings. The molecule has 0 radical (unpaired) electrons. The van der Waals surface area contributed by atoms with Gasteiger partial charge in [-0.1, -0.05) is 6.07 Å². The summed E-state index contributed by atoms with van der Waals surface area (Å²) in [4.78, 5) is 0. The number of methoxy groups -OCH3 is 1. The normalized spacial score (nSPS) is 20.1. The molecule has 1 N–H and O–H groups in total. The van der Waals surface area contributed by atoms with E-state index in [2.05, 4.69) is 31.3 Å². The molecular formula is C17H27NO2. The minimum atomic E-state index is 0.392. The second-order valence-electron chi connectivity index (χ2n) is 5.73. The molecule has 0 saturated carbocycles. The maximum Gasteiger partial charge on any atom is 0.122 e. The van der Waals surface area contributed by atoms with Gasteiger partial charge in [-0.05, 0) is 69.3 Å². The zero-order chi connectivity index (χ0) is 14.5. The average Bonchev–Trinajstić information content (AvgIpc) is 2.96. The fourth-order valence-corrected chi connectivity index (χ4v) is 3.09. The lowest BCUT2D eigenvalue weighted by atomic mass is 9.94. The van der Waals surface area contributed by atoms with E-state index in [1.54, 1.807) is 7.11 Å². The zero-order valence-electron chi connectivity index (χ0n) is 13.2. The van der Waals surface area contributed by atoms with E-state index >= 15 is 0 Å². The van der Waals surface area contributed by atoms with Gasteiger partial charge in [0.05, 0.1) is 13.2 Å². The summed E-state index contributed by atoms with van der Waals surface area (Å²) in [6.07, 6.45) is 5.15. The fourth-order valence-electron chi connectivity index (χ4n) is 3.09. The van der Waals surface area contributed by atoms with E-state index in [0.29, 0.717) is 12.1 Å². The quantitative estimate of drug-likeness (QED) is 0.863. The van der Waals surface area contributed by atoms with E-state index in [0.717, 1.165) is 25.2 Å². The molecule has 1 aromatic rings. The molecule has 2 unspecified atom stereocenters. The summed E-state index contributed by atoms with van der Waals surface area (Å²) in [7, 11) is 3.77. The summed E-state index contributed by atoms with van der Waals surface area (Å²) in [5.74, 6) is 0.972. The first-order valence-corrected chi connectivity index (χ1v) is 7.59. The third-order valence-corrected chi connectivity index (χ3v) is 4.31. The van der Waals surface area contributed by atoms with Crippen LogP contribution in [0.2, 0.25) is 0 Å². The second kappa shape index (κ2) is 7.09. The van der Waals surface area contributed by atoms with Crippen LogP contribution in [-0.2, 0) is 4.74 Å². The largest absolute Gasteiger partial charge is 0.496 e. The lowest BCUT2D eigenvalue weighted by molar-refractivity contribution is 0.0998. The number of ether oxygens (including phenoxy) is 2. The van der Waals surface area contributed by atoms with Gasteiger partial charge >= 0.3 is 0 Å². The van der Waals surface area contributed by atoms with Gasteiger partial charge < -0.3 is 14.8 Å². The summed E-state index contributed by atoms with van der Waals surface area (Å²) in [6, 6.07) is 4.79. The van der Waals surface area contributed by atoms with Gasteiger partial charge in [0.25, 0.3) is 0 Å². The van der Waals surface area contributed by atoms with Crippen molar-refractivity contribution in [2.75, 3.05) is 20.8 Å². The van der Waals surface area contributed by atoms with Crippen LogP contribution in [0.3, 0.4) is 0 Å². The molecular weight excluding hydrogens is 250 g/mol. The van der Waals surface area contributed by atoms with Crippen molar-refractivity contribution in [1.82, 2.24) is 5.32 Å². The summed E-state index contributed by atoms with van der Waals surface area (Å²) in [5.41, 5.74) is 3.87. The van der Waals surface area contributed by atoms with E-state index < -0.39 is 0 Å². The molecule has 2 atom stereocenters. The Balaban J connectivity index is 2.07. The topological polar surface area (TPSA) is 30.5 Å². The van der Waals surface area contributed by atoms with Crippen LogP contribution in [-0.4, -0.2) is 26.9 Å². The first kappa shape index (κ1) is 15.3. The van der Waals surface area contributed by atoms with Gasteiger partial charge in [-0.25, -0.2) is 0 Å². The number of benzene rings is 1. The van der Waals surface area contributed by atoms with E-state index in [4.69, 9.17) is 9.47 Å². The Morgan fingerprint density at radius 1 is 1.35 bits per heavy atom. The van der Waals surface area contributed by atoms with Gasteiger partial charge in [0.15, 0.2) is 0 Å².